The molecule has 0 spiro atoms. The van der Waals surface area contributed by atoms with E-state index in [0.29, 0.717) is 21.9 Å². The lowest BCUT2D eigenvalue weighted by molar-refractivity contribution is 0.629. The Hall–Kier alpha value is -2.17. The van der Waals surface area contributed by atoms with E-state index in [4.69, 9.17) is 0 Å². The summed E-state index contributed by atoms with van der Waals surface area (Å²) in [7, 11) is 1.68. The Kier molecular flexibility index (Phi) is 1.65. The number of rotatable bonds is 0. The van der Waals surface area contributed by atoms with E-state index >= 15 is 0 Å². The van der Waals surface area contributed by atoms with Crippen LogP contribution in [0.25, 0.3) is 21.9 Å². The fourth-order valence-corrected chi connectivity index (χ4v) is 1.88. The first kappa shape index (κ1) is 9.08. The summed E-state index contributed by atoms with van der Waals surface area (Å²) >= 11 is 0. The zero-order valence-electron chi connectivity index (χ0n) is 8.49. The van der Waals surface area contributed by atoms with E-state index in [0.717, 1.165) is 0 Å². The van der Waals surface area contributed by atoms with Crippen LogP contribution in [-0.4, -0.2) is 14.8 Å². The van der Waals surface area contributed by atoms with Crippen molar-refractivity contribution in [2.75, 3.05) is 0 Å². The van der Waals surface area contributed by atoms with Gasteiger partial charge in [0.1, 0.15) is 11.3 Å². The summed E-state index contributed by atoms with van der Waals surface area (Å²) < 4.78 is 14.6. The van der Waals surface area contributed by atoms with E-state index in [9.17, 15) is 9.18 Å². The summed E-state index contributed by atoms with van der Waals surface area (Å²) in [6.07, 6.45) is 1.58. The Morgan fingerprint density at radius 2 is 2.19 bits per heavy atom. The van der Waals surface area contributed by atoms with Gasteiger partial charge in [-0.2, -0.15) is 5.10 Å². The normalized spacial score (nSPS) is 11.4. The molecule has 3 rings (SSSR count). The van der Waals surface area contributed by atoms with Crippen molar-refractivity contribution in [3.63, 3.8) is 0 Å². The Morgan fingerprint density at radius 1 is 1.38 bits per heavy atom. The van der Waals surface area contributed by atoms with Crippen molar-refractivity contribution in [3.8, 4) is 0 Å². The van der Waals surface area contributed by atoms with Gasteiger partial charge in [0.15, 0.2) is 0 Å². The Balaban J connectivity index is 2.64. The molecule has 0 aliphatic heterocycles. The molecule has 4 nitrogen and oxygen atoms in total. The second-order valence-corrected chi connectivity index (χ2v) is 3.67. The largest absolute Gasteiger partial charge is 0.352 e. The molecule has 0 unspecified atom stereocenters. The minimum Gasteiger partial charge on any atom is -0.352 e. The molecule has 3 aromatic rings. The quantitative estimate of drug-likeness (QED) is 0.621. The van der Waals surface area contributed by atoms with E-state index in [1.54, 1.807) is 19.3 Å². The van der Waals surface area contributed by atoms with Gasteiger partial charge in [0.25, 0.3) is 0 Å². The van der Waals surface area contributed by atoms with Crippen molar-refractivity contribution in [3.05, 3.63) is 40.4 Å². The number of fused-ring (bicyclic) bond motifs is 2. The van der Waals surface area contributed by atoms with Gasteiger partial charge >= 0.3 is 0 Å². The predicted octanol–water partition coefficient (Wildman–Crippen LogP) is 1.55. The van der Waals surface area contributed by atoms with E-state index in [1.165, 1.54) is 16.8 Å². The number of pyridine rings is 1. The molecule has 5 heteroatoms. The summed E-state index contributed by atoms with van der Waals surface area (Å²) in [5.41, 5.74) is 1.53. The van der Waals surface area contributed by atoms with Gasteiger partial charge in [-0.05, 0) is 18.2 Å². The first-order valence-electron chi connectivity index (χ1n) is 4.80. The van der Waals surface area contributed by atoms with Gasteiger partial charge in [0.2, 0.25) is 5.43 Å². The minimum absolute atomic E-state index is 0.205. The number of aromatic amines is 1. The third-order valence-electron chi connectivity index (χ3n) is 2.65. The predicted molar refractivity (Wildman–Crippen MR) is 58.8 cm³/mol. The zero-order valence-corrected chi connectivity index (χ0v) is 8.49. The summed E-state index contributed by atoms with van der Waals surface area (Å²) in [6.45, 7) is 0. The average molecular weight is 217 g/mol. The van der Waals surface area contributed by atoms with Crippen LogP contribution in [0.1, 0.15) is 0 Å². The van der Waals surface area contributed by atoms with Crippen molar-refractivity contribution in [1.82, 2.24) is 14.8 Å². The molecule has 0 saturated heterocycles. The van der Waals surface area contributed by atoms with Gasteiger partial charge in [-0.3, -0.25) is 9.48 Å². The van der Waals surface area contributed by atoms with Gasteiger partial charge < -0.3 is 4.98 Å². The van der Waals surface area contributed by atoms with E-state index in [-0.39, 0.29) is 5.43 Å². The highest BCUT2D eigenvalue weighted by Crippen LogP contribution is 2.14. The van der Waals surface area contributed by atoms with Crippen LogP contribution in [-0.2, 0) is 7.05 Å². The number of aryl methyl sites for hydroxylation is 1. The minimum atomic E-state index is -0.417. The first-order chi connectivity index (χ1) is 7.66. The number of H-pyrrole nitrogens is 1. The van der Waals surface area contributed by atoms with Crippen LogP contribution in [0.3, 0.4) is 0 Å². The standard InChI is InChI=1S/C11H8FN3O/c1-15-10-9(5-13-15)14-8-3-2-6(12)4-7(8)11(10)16/h2-5H,1H3,(H,14,16). The average Bonchev–Trinajstić information content (AvgIpc) is 2.62. The number of nitrogens with one attached hydrogen (secondary N) is 1. The Labute approximate surface area is 89.3 Å². The second kappa shape index (κ2) is 2.91. The van der Waals surface area contributed by atoms with E-state index in [1.807, 2.05) is 0 Å². The van der Waals surface area contributed by atoms with E-state index in [2.05, 4.69) is 10.1 Å². The maximum Gasteiger partial charge on any atom is 0.215 e. The summed E-state index contributed by atoms with van der Waals surface area (Å²) in [5.74, 6) is -0.417. The van der Waals surface area contributed by atoms with E-state index < -0.39 is 5.82 Å². The number of halogens is 1. The van der Waals surface area contributed by atoms with Crippen LogP contribution >= 0.6 is 0 Å². The lowest BCUT2D eigenvalue weighted by Crippen LogP contribution is -2.08. The van der Waals surface area contributed by atoms with Crippen LogP contribution < -0.4 is 5.43 Å². The maximum atomic E-state index is 13.1. The van der Waals surface area contributed by atoms with Crippen LogP contribution in [0, 0.1) is 5.82 Å². The lowest BCUT2D eigenvalue weighted by atomic mass is 10.2. The smallest absolute Gasteiger partial charge is 0.215 e. The number of aromatic nitrogens is 3. The molecular formula is C11H8FN3O. The Morgan fingerprint density at radius 3 is 3.00 bits per heavy atom. The molecule has 16 heavy (non-hydrogen) atoms. The highest BCUT2D eigenvalue weighted by atomic mass is 19.1. The molecule has 2 aromatic heterocycles. The topological polar surface area (TPSA) is 50.7 Å². The number of hydrogen-bond acceptors (Lipinski definition) is 2. The van der Waals surface area contributed by atoms with Crippen molar-refractivity contribution in [2.45, 2.75) is 0 Å². The van der Waals surface area contributed by atoms with Crippen LogP contribution in [0.2, 0.25) is 0 Å². The van der Waals surface area contributed by atoms with Crippen LogP contribution in [0.4, 0.5) is 4.39 Å². The number of hydrogen-bond donors (Lipinski definition) is 1. The monoisotopic (exact) mass is 217 g/mol. The molecule has 0 amide bonds. The fourth-order valence-electron chi connectivity index (χ4n) is 1.88. The van der Waals surface area contributed by atoms with Crippen molar-refractivity contribution in [2.24, 2.45) is 7.05 Å². The highest BCUT2D eigenvalue weighted by molar-refractivity contribution is 5.90. The molecule has 1 aromatic carbocycles. The zero-order chi connectivity index (χ0) is 11.3. The summed E-state index contributed by atoms with van der Waals surface area (Å²) in [5, 5.41) is 4.34. The maximum absolute atomic E-state index is 13.1. The van der Waals surface area contributed by atoms with Gasteiger partial charge in [-0.15, -0.1) is 0 Å². The molecule has 0 atom stereocenters. The van der Waals surface area contributed by atoms with Crippen LogP contribution in [0.15, 0.2) is 29.2 Å². The Bertz CT molecular complexity index is 757. The van der Waals surface area contributed by atoms with Gasteiger partial charge in [0.05, 0.1) is 22.6 Å². The highest BCUT2D eigenvalue weighted by Gasteiger charge is 2.09. The van der Waals surface area contributed by atoms with Gasteiger partial charge in [-0.1, -0.05) is 0 Å². The molecule has 2 heterocycles. The molecule has 0 aliphatic rings. The molecule has 80 valence electrons. The second-order valence-electron chi connectivity index (χ2n) is 3.67. The number of nitrogens with zero attached hydrogens (tertiary/aromatic N) is 2. The lowest BCUT2D eigenvalue weighted by Gasteiger charge is -1.99. The van der Waals surface area contributed by atoms with Crippen molar-refractivity contribution in [1.29, 1.82) is 0 Å². The van der Waals surface area contributed by atoms with Crippen molar-refractivity contribution < 1.29 is 4.39 Å². The first-order valence-corrected chi connectivity index (χ1v) is 4.80. The summed E-state index contributed by atoms with van der Waals surface area (Å²) in [6, 6.07) is 4.11. The third kappa shape index (κ3) is 1.08. The molecule has 0 saturated carbocycles. The molecule has 0 bridgehead atoms. The SMILES string of the molecule is Cn1ncc2[nH]c3ccc(F)cc3c(=O)c21. The summed E-state index contributed by atoms with van der Waals surface area (Å²) in [4.78, 5) is 15.1. The van der Waals surface area contributed by atoms with Crippen molar-refractivity contribution >= 4 is 21.9 Å². The molecule has 0 fully saturated rings. The number of benzene rings is 1. The van der Waals surface area contributed by atoms with Gasteiger partial charge in [0, 0.05) is 7.05 Å². The third-order valence-corrected chi connectivity index (χ3v) is 2.65. The molecular weight excluding hydrogens is 209 g/mol. The van der Waals surface area contributed by atoms with Crippen LogP contribution in [0.5, 0.6) is 0 Å². The molecule has 1 N–H and O–H groups in total. The molecule has 0 radical (unpaired) electrons. The fraction of sp³-hybridized carbons (Fsp3) is 0.0909. The van der Waals surface area contributed by atoms with Gasteiger partial charge in [-0.25, -0.2) is 4.39 Å². The molecule has 0 aliphatic carbocycles.